The van der Waals surface area contributed by atoms with Gasteiger partial charge in [-0.2, -0.15) is 0 Å². The van der Waals surface area contributed by atoms with Gasteiger partial charge in [0.2, 0.25) is 0 Å². The Morgan fingerprint density at radius 3 is 2.65 bits per heavy atom. The van der Waals surface area contributed by atoms with Gasteiger partial charge in [-0.3, -0.25) is 4.99 Å². The monoisotopic (exact) mass is 313 g/mol. The van der Waals surface area contributed by atoms with E-state index < -0.39 is 0 Å². The van der Waals surface area contributed by atoms with Crippen molar-refractivity contribution in [1.29, 1.82) is 0 Å². The third kappa shape index (κ3) is 6.59. The molecule has 0 bridgehead atoms. The van der Waals surface area contributed by atoms with Crippen molar-refractivity contribution < 1.29 is 4.42 Å². The summed E-state index contributed by atoms with van der Waals surface area (Å²) in [4.78, 5) is 4.62. The van der Waals surface area contributed by atoms with Crippen LogP contribution in [0.25, 0.3) is 0 Å². The van der Waals surface area contributed by atoms with Gasteiger partial charge in [0.25, 0.3) is 0 Å². The zero-order valence-electron chi connectivity index (χ0n) is 14.1. The molecule has 0 aliphatic rings. The highest BCUT2D eigenvalue weighted by atomic mass is 16.3. The first-order valence-electron chi connectivity index (χ1n) is 8.39. The molecule has 0 aliphatic heterocycles. The summed E-state index contributed by atoms with van der Waals surface area (Å²) < 4.78 is 5.33. The second-order valence-corrected chi connectivity index (χ2v) is 5.66. The highest BCUT2D eigenvalue weighted by molar-refractivity contribution is 5.80. The standard InChI is InChI=1S/C19H27N3O/c1-3-20-19(21-14-13-18-10-7-15-23-18)22-16(2)11-12-17-8-5-4-6-9-17/h4-10,15-16H,3,11-14H2,1-2H3,(H2,20,21,22). The average Bonchev–Trinajstić information content (AvgIpc) is 3.07. The summed E-state index contributed by atoms with van der Waals surface area (Å²) in [5.74, 6) is 1.85. The number of benzene rings is 1. The minimum absolute atomic E-state index is 0.372. The summed E-state index contributed by atoms with van der Waals surface area (Å²) in [6.45, 7) is 5.85. The molecule has 0 saturated carbocycles. The first kappa shape index (κ1) is 17.1. The van der Waals surface area contributed by atoms with E-state index in [9.17, 15) is 0 Å². The van der Waals surface area contributed by atoms with Gasteiger partial charge in [0.05, 0.1) is 6.26 Å². The minimum Gasteiger partial charge on any atom is -0.469 e. The second kappa shape index (κ2) is 9.72. The summed E-state index contributed by atoms with van der Waals surface area (Å²) in [5.41, 5.74) is 1.38. The molecule has 1 atom stereocenters. The smallest absolute Gasteiger partial charge is 0.191 e. The topological polar surface area (TPSA) is 49.6 Å². The third-order valence-electron chi connectivity index (χ3n) is 3.64. The van der Waals surface area contributed by atoms with E-state index in [1.54, 1.807) is 6.26 Å². The van der Waals surface area contributed by atoms with E-state index in [4.69, 9.17) is 4.42 Å². The van der Waals surface area contributed by atoms with Crippen LogP contribution < -0.4 is 10.6 Å². The van der Waals surface area contributed by atoms with Crippen LogP contribution in [0.4, 0.5) is 0 Å². The molecule has 1 aromatic carbocycles. The molecule has 23 heavy (non-hydrogen) atoms. The Labute approximate surface area is 139 Å². The maximum atomic E-state index is 5.33. The van der Waals surface area contributed by atoms with Gasteiger partial charge >= 0.3 is 0 Å². The summed E-state index contributed by atoms with van der Waals surface area (Å²) in [6.07, 6.45) is 4.67. The minimum atomic E-state index is 0.372. The highest BCUT2D eigenvalue weighted by Crippen LogP contribution is 2.05. The molecule has 1 heterocycles. The molecule has 0 aliphatic carbocycles. The van der Waals surface area contributed by atoms with Crippen molar-refractivity contribution in [3.63, 3.8) is 0 Å². The van der Waals surface area contributed by atoms with Crippen LogP contribution in [0.15, 0.2) is 58.1 Å². The predicted molar refractivity (Wildman–Crippen MR) is 95.8 cm³/mol. The molecular weight excluding hydrogens is 286 g/mol. The Hall–Kier alpha value is -2.23. The number of hydrogen-bond acceptors (Lipinski definition) is 2. The molecule has 1 unspecified atom stereocenters. The van der Waals surface area contributed by atoms with Gasteiger partial charge in [0, 0.05) is 25.6 Å². The van der Waals surface area contributed by atoms with Gasteiger partial charge < -0.3 is 15.1 Å². The SMILES string of the molecule is CCNC(=NCCc1ccco1)NC(C)CCc1ccccc1. The fourth-order valence-corrected chi connectivity index (χ4v) is 2.39. The van der Waals surface area contributed by atoms with E-state index >= 15 is 0 Å². The van der Waals surface area contributed by atoms with Crippen LogP contribution in [-0.2, 0) is 12.8 Å². The summed E-state index contributed by atoms with van der Waals surface area (Å²) in [6, 6.07) is 14.9. The Morgan fingerprint density at radius 1 is 1.13 bits per heavy atom. The number of aryl methyl sites for hydroxylation is 1. The quantitative estimate of drug-likeness (QED) is 0.580. The molecule has 4 nitrogen and oxygen atoms in total. The number of furan rings is 1. The van der Waals surface area contributed by atoms with Crippen LogP contribution in [0, 0.1) is 0 Å². The number of nitrogens with one attached hydrogen (secondary N) is 2. The summed E-state index contributed by atoms with van der Waals surface area (Å²) >= 11 is 0. The van der Waals surface area contributed by atoms with Crippen molar-refractivity contribution in [2.75, 3.05) is 13.1 Å². The molecular formula is C19H27N3O. The van der Waals surface area contributed by atoms with Crippen molar-refractivity contribution in [2.45, 2.75) is 39.2 Å². The second-order valence-electron chi connectivity index (χ2n) is 5.66. The van der Waals surface area contributed by atoms with E-state index in [2.05, 4.69) is 59.8 Å². The fraction of sp³-hybridized carbons (Fsp3) is 0.421. The lowest BCUT2D eigenvalue weighted by molar-refractivity contribution is 0.510. The number of nitrogens with zero attached hydrogens (tertiary/aromatic N) is 1. The van der Waals surface area contributed by atoms with E-state index in [1.807, 2.05) is 12.1 Å². The molecule has 124 valence electrons. The molecule has 2 aromatic rings. The molecule has 0 fully saturated rings. The summed E-state index contributed by atoms with van der Waals surface area (Å²) in [5, 5.41) is 6.78. The van der Waals surface area contributed by atoms with E-state index in [0.29, 0.717) is 12.6 Å². The van der Waals surface area contributed by atoms with E-state index in [0.717, 1.165) is 37.5 Å². The van der Waals surface area contributed by atoms with E-state index in [-0.39, 0.29) is 0 Å². The van der Waals surface area contributed by atoms with Crippen LogP contribution in [0.5, 0.6) is 0 Å². The molecule has 0 spiro atoms. The first-order valence-corrected chi connectivity index (χ1v) is 8.39. The molecule has 1 aromatic heterocycles. The maximum absolute atomic E-state index is 5.33. The highest BCUT2D eigenvalue weighted by Gasteiger charge is 2.05. The third-order valence-corrected chi connectivity index (χ3v) is 3.64. The molecule has 2 rings (SSSR count). The normalized spacial score (nSPS) is 12.9. The van der Waals surface area contributed by atoms with Gasteiger partial charge in [-0.05, 0) is 44.4 Å². The molecule has 0 saturated heterocycles. The molecule has 4 heteroatoms. The first-order chi connectivity index (χ1) is 11.3. The molecule has 2 N–H and O–H groups in total. The average molecular weight is 313 g/mol. The van der Waals surface area contributed by atoms with Crippen molar-refractivity contribution in [1.82, 2.24) is 10.6 Å². The van der Waals surface area contributed by atoms with Gasteiger partial charge in [0.1, 0.15) is 5.76 Å². The maximum Gasteiger partial charge on any atom is 0.191 e. The number of hydrogen-bond donors (Lipinski definition) is 2. The Kier molecular flexibility index (Phi) is 7.24. The van der Waals surface area contributed by atoms with Gasteiger partial charge in [0.15, 0.2) is 5.96 Å². The van der Waals surface area contributed by atoms with Crippen molar-refractivity contribution in [3.8, 4) is 0 Å². The Morgan fingerprint density at radius 2 is 1.96 bits per heavy atom. The lowest BCUT2D eigenvalue weighted by Gasteiger charge is -2.17. The number of rotatable bonds is 8. The van der Waals surface area contributed by atoms with Crippen molar-refractivity contribution in [2.24, 2.45) is 4.99 Å². The zero-order chi connectivity index (χ0) is 16.3. The van der Waals surface area contributed by atoms with E-state index in [1.165, 1.54) is 5.56 Å². The lowest BCUT2D eigenvalue weighted by atomic mass is 10.1. The Bertz CT molecular complexity index is 564. The number of guanidine groups is 1. The van der Waals surface area contributed by atoms with Gasteiger partial charge in [-0.1, -0.05) is 30.3 Å². The van der Waals surface area contributed by atoms with Crippen molar-refractivity contribution in [3.05, 3.63) is 60.1 Å². The molecule has 0 radical (unpaired) electrons. The largest absolute Gasteiger partial charge is 0.469 e. The van der Waals surface area contributed by atoms with Crippen LogP contribution in [0.3, 0.4) is 0 Å². The predicted octanol–water partition coefficient (Wildman–Crippen LogP) is 3.40. The van der Waals surface area contributed by atoms with Crippen molar-refractivity contribution >= 4 is 5.96 Å². The van der Waals surface area contributed by atoms with Crippen LogP contribution >= 0.6 is 0 Å². The van der Waals surface area contributed by atoms with Crippen LogP contribution in [0.2, 0.25) is 0 Å². The van der Waals surface area contributed by atoms with Crippen LogP contribution in [-0.4, -0.2) is 25.1 Å². The van der Waals surface area contributed by atoms with Gasteiger partial charge in [-0.25, -0.2) is 0 Å². The summed E-state index contributed by atoms with van der Waals surface area (Å²) in [7, 11) is 0. The van der Waals surface area contributed by atoms with Crippen LogP contribution in [0.1, 0.15) is 31.6 Å². The lowest BCUT2D eigenvalue weighted by Crippen LogP contribution is -2.42. The number of aliphatic imine (C=N–C) groups is 1. The zero-order valence-corrected chi connectivity index (χ0v) is 14.1. The van der Waals surface area contributed by atoms with Gasteiger partial charge in [-0.15, -0.1) is 0 Å². The Balaban J connectivity index is 1.77. The fourth-order valence-electron chi connectivity index (χ4n) is 2.39. The molecule has 0 amide bonds.